The van der Waals surface area contributed by atoms with Gasteiger partial charge >= 0.3 is 0 Å². The largest absolute Gasteiger partial charge is 0.451 e. The van der Waals surface area contributed by atoms with Crippen LogP contribution in [0.5, 0.6) is 0 Å². The molecule has 2 heterocycles. The van der Waals surface area contributed by atoms with Crippen molar-refractivity contribution in [1.82, 2.24) is 10.2 Å². The Morgan fingerprint density at radius 3 is 2.36 bits per heavy atom. The van der Waals surface area contributed by atoms with Gasteiger partial charge in [0.2, 0.25) is 5.91 Å². The molecular weight excluding hydrogens is 460 g/mol. The summed E-state index contributed by atoms with van der Waals surface area (Å²) in [6.45, 7) is 4.36. The number of nitrogens with zero attached hydrogens (tertiary/aromatic N) is 2. The van der Waals surface area contributed by atoms with Crippen LogP contribution < -0.4 is 15.5 Å². The highest BCUT2D eigenvalue weighted by molar-refractivity contribution is 7.80. The van der Waals surface area contributed by atoms with Gasteiger partial charge in [0.15, 0.2) is 10.9 Å². The van der Waals surface area contributed by atoms with E-state index in [2.05, 4.69) is 15.5 Å². The molecule has 1 fully saturated rings. The monoisotopic (exact) mass is 482 g/mol. The van der Waals surface area contributed by atoms with Crippen molar-refractivity contribution in [2.75, 3.05) is 36.4 Å². The molecule has 1 aliphatic rings. The quantitative estimate of drug-likeness (QED) is 0.537. The number of anilines is 2. The Morgan fingerprint density at radius 1 is 0.970 bits per heavy atom. The normalized spacial score (nSPS) is 13.5. The molecular formula is C24H23ClN4O3S. The van der Waals surface area contributed by atoms with Crippen molar-refractivity contribution in [2.24, 2.45) is 0 Å². The Hall–Kier alpha value is -3.36. The zero-order chi connectivity index (χ0) is 23.4. The zero-order valence-corrected chi connectivity index (χ0v) is 19.6. The van der Waals surface area contributed by atoms with Gasteiger partial charge < -0.3 is 19.5 Å². The van der Waals surface area contributed by atoms with Gasteiger partial charge in [-0.3, -0.25) is 14.9 Å². The molecule has 9 heteroatoms. The van der Waals surface area contributed by atoms with Crippen LogP contribution in [0.25, 0.3) is 11.3 Å². The number of thiocarbonyl (C=S) groups is 1. The van der Waals surface area contributed by atoms with Crippen LogP contribution in [0.2, 0.25) is 5.02 Å². The molecule has 2 amide bonds. The van der Waals surface area contributed by atoms with E-state index in [1.807, 2.05) is 41.3 Å². The average Bonchev–Trinajstić information content (AvgIpc) is 3.30. The van der Waals surface area contributed by atoms with Gasteiger partial charge in [0, 0.05) is 43.7 Å². The lowest BCUT2D eigenvalue weighted by Gasteiger charge is -2.36. The van der Waals surface area contributed by atoms with Gasteiger partial charge in [-0.15, -0.1) is 0 Å². The molecule has 0 aliphatic carbocycles. The zero-order valence-electron chi connectivity index (χ0n) is 18.0. The summed E-state index contributed by atoms with van der Waals surface area (Å²) in [4.78, 5) is 28.2. The summed E-state index contributed by atoms with van der Waals surface area (Å²) in [5.41, 5.74) is 2.55. The summed E-state index contributed by atoms with van der Waals surface area (Å²) in [5, 5.41) is 6.57. The summed E-state index contributed by atoms with van der Waals surface area (Å²) in [6.07, 6.45) is 0. The number of benzene rings is 2. The van der Waals surface area contributed by atoms with Crippen LogP contribution in [-0.2, 0) is 4.79 Å². The van der Waals surface area contributed by atoms with E-state index in [9.17, 15) is 9.59 Å². The third-order valence-electron chi connectivity index (χ3n) is 5.40. The number of furan rings is 1. The topological polar surface area (TPSA) is 77.8 Å². The molecule has 0 bridgehead atoms. The molecule has 2 aromatic carbocycles. The predicted molar refractivity (Wildman–Crippen MR) is 134 cm³/mol. The first-order valence-electron chi connectivity index (χ1n) is 10.5. The summed E-state index contributed by atoms with van der Waals surface area (Å²) < 4.78 is 5.69. The van der Waals surface area contributed by atoms with E-state index >= 15 is 0 Å². The van der Waals surface area contributed by atoms with Crippen LogP contribution >= 0.6 is 23.8 Å². The molecule has 0 atom stereocenters. The second kappa shape index (κ2) is 10.1. The number of nitrogens with one attached hydrogen (secondary N) is 2. The molecule has 2 N–H and O–H groups in total. The highest BCUT2D eigenvalue weighted by Crippen LogP contribution is 2.27. The van der Waals surface area contributed by atoms with E-state index in [0.717, 1.165) is 30.0 Å². The second-order valence-electron chi connectivity index (χ2n) is 7.59. The first-order valence-corrected chi connectivity index (χ1v) is 11.3. The van der Waals surface area contributed by atoms with Gasteiger partial charge in [-0.2, -0.15) is 0 Å². The standard InChI is InChI=1S/C24H23ClN4O3S/c1-16(30)28-12-14-29(15-13-28)20-5-3-2-4-19(20)26-24(33)27-23(31)22-11-10-21(32-22)17-6-8-18(25)9-7-17/h2-11H,12-15H2,1H3,(H2,26,27,31,33). The summed E-state index contributed by atoms with van der Waals surface area (Å²) in [6, 6.07) is 18.2. The van der Waals surface area contributed by atoms with E-state index in [1.165, 1.54) is 0 Å². The van der Waals surface area contributed by atoms with Crippen LogP contribution in [0, 0.1) is 0 Å². The number of carbonyl (C=O) groups excluding carboxylic acids is 2. The van der Waals surface area contributed by atoms with Crippen LogP contribution in [0.15, 0.2) is 65.1 Å². The SMILES string of the molecule is CC(=O)N1CCN(c2ccccc2NC(=S)NC(=O)c2ccc(-c3ccc(Cl)cc3)o2)CC1. The second-order valence-corrected chi connectivity index (χ2v) is 8.43. The number of hydrogen-bond acceptors (Lipinski definition) is 5. The van der Waals surface area contributed by atoms with E-state index in [1.54, 1.807) is 31.2 Å². The highest BCUT2D eigenvalue weighted by Gasteiger charge is 2.21. The molecule has 7 nitrogen and oxygen atoms in total. The van der Waals surface area contributed by atoms with Gasteiger partial charge in [-0.1, -0.05) is 23.7 Å². The minimum absolute atomic E-state index is 0.0853. The summed E-state index contributed by atoms with van der Waals surface area (Å²) >= 11 is 11.3. The minimum atomic E-state index is -0.444. The maximum Gasteiger partial charge on any atom is 0.293 e. The average molecular weight is 483 g/mol. The van der Waals surface area contributed by atoms with Crippen LogP contribution in [0.4, 0.5) is 11.4 Å². The molecule has 0 spiro atoms. The Kier molecular flexibility index (Phi) is 6.96. The van der Waals surface area contributed by atoms with Crippen LogP contribution in [0.1, 0.15) is 17.5 Å². The van der Waals surface area contributed by atoms with Gasteiger partial charge in [0.05, 0.1) is 11.4 Å². The van der Waals surface area contributed by atoms with Crippen molar-refractivity contribution in [3.8, 4) is 11.3 Å². The number of halogens is 1. The number of piperazine rings is 1. The predicted octanol–water partition coefficient (Wildman–Crippen LogP) is 4.40. The lowest BCUT2D eigenvalue weighted by atomic mass is 10.2. The molecule has 1 aliphatic heterocycles. The van der Waals surface area contributed by atoms with Crippen molar-refractivity contribution in [1.29, 1.82) is 0 Å². The molecule has 0 unspecified atom stereocenters. The van der Waals surface area contributed by atoms with Crippen LogP contribution in [0.3, 0.4) is 0 Å². The Bertz CT molecular complexity index is 1170. The maximum absolute atomic E-state index is 12.6. The minimum Gasteiger partial charge on any atom is -0.451 e. The lowest BCUT2D eigenvalue weighted by Crippen LogP contribution is -2.48. The van der Waals surface area contributed by atoms with Gasteiger partial charge in [0.25, 0.3) is 5.91 Å². The van der Waals surface area contributed by atoms with Gasteiger partial charge in [-0.25, -0.2) is 0 Å². The highest BCUT2D eigenvalue weighted by atomic mass is 35.5. The molecule has 3 aromatic rings. The van der Waals surface area contributed by atoms with Crippen LogP contribution in [-0.4, -0.2) is 48.0 Å². The molecule has 170 valence electrons. The molecule has 0 radical (unpaired) electrons. The third kappa shape index (κ3) is 5.53. The Balaban J connectivity index is 1.39. The fraction of sp³-hybridized carbons (Fsp3) is 0.208. The Morgan fingerprint density at radius 2 is 1.67 bits per heavy atom. The van der Waals surface area contributed by atoms with E-state index in [0.29, 0.717) is 23.9 Å². The first-order chi connectivity index (χ1) is 15.9. The van der Waals surface area contributed by atoms with E-state index in [-0.39, 0.29) is 16.8 Å². The maximum atomic E-state index is 12.6. The number of carbonyl (C=O) groups is 2. The first kappa shape index (κ1) is 22.8. The van der Waals surface area contributed by atoms with Crippen molar-refractivity contribution in [3.63, 3.8) is 0 Å². The lowest BCUT2D eigenvalue weighted by molar-refractivity contribution is -0.129. The molecule has 1 saturated heterocycles. The van der Waals surface area contributed by atoms with Crippen molar-refractivity contribution < 1.29 is 14.0 Å². The smallest absolute Gasteiger partial charge is 0.293 e. The van der Waals surface area contributed by atoms with Crippen molar-refractivity contribution >= 4 is 52.1 Å². The van der Waals surface area contributed by atoms with Crippen molar-refractivity contribution in [2.45, 2.75) is 6.92 Å². The number of para-hydroxylation sites is 2. The fourth-order valence-corrected chi connectivity index (χ4v) is 3.99. The summed E-state index contributed by atoms with van der Waals surface area (Å²) in [7, 11) is 0. The third-order valence-corrected chi connectivity index (χ3v) is 5.86. The van der Waals surface area contributed by atoms with Crippen molar-refractivity contribution in [3.05, 3.63) is 71.4 Å². The number of amides is 2. The summed E-state index contributed by atoms with van der Waals surface area (Å²) in [5.74, 6) is 0.353. The van der Waals surface area contributed by atoms with E-state index in [4.69, 9.17) is 28.2 Å². The number of hydrogen-bond donors (Lipinski definition) is 2. The van der Waals surface area contributed by atoms with Gasteiger partial charge in [-0.05, 0) is 60.7 Å². The molecule has 33 heavy (non-hydrogen) atoms. The molecule has 1 aromatic heterocycles. The molecule has 0 saturated carbocycles. The van der Waals surface area contributed by atoms with E-state index < -0.39 is 5.91 Å². The molecule has 4 rings (SSSR count). The fourth-order valence-electron chi connectivity index (χ4n) is 3.66. The number of rotatable bonds is 4. The Labute approximate surface area is 202 Å². The van der Waals surface area contributed by atoms with Gasteiger partial charge in [0.1, 0.15) is 5.76 Å².